The van der Waals surface area contributed by atoms with Gasteiger partial charge in [-0.05, 0) is 38.3 Å². The fourth-order valence-electron chi connectivity index (χ4n) is 1.61. The number of aliphatic carboxylic acids is 1. The van der Waals surface area contributed by atoms with Crippen LogP contribution < -0.4 is 17.2 Å². The van der Waals surface area contributed by atoms with E-state index in [-0.39, 0.29) is 6.04 Å². The Morgan fingerprint density at radius 2 is 1.72 bits per heavy atom. The van der Waals surface area contributed by atoms with Gasteiger partial charge in [-0.15, -0.1) is 0 Å². The topological polar surface area (TPSA) is 190 Å². The van der Waals surface area contributed by atoms with Gasteiger partial charge in [0.1, 0.15) is 6.04 Å². The SMILES string of the molecule is CC(N)Cc1ccccc1.O=S(=O)(O)O.[2H]OC(=O)[C@@H](N)CCCCN. The monoisotopic (exact) mass is 380 g/mol. The van der Waals surface area contributed by atoms with Gasteiger partial charge in [-0.25, -0.2) is 0 Å². The van der Waals surface area contributed by atoms with Crippen LogP contribution in [0.3, 0.4) is 0 Å². The highest BCUT2D eigenvalue weighted by Crippen LogP contribution is 2.00. The van der Waals surface area contributed by atoms with Gasteiger partial charge in [-0.3, -0.25) is 13.9 Å². The normalized spacial score (nSPS) is 13.1. The van der Waals surface area contributed by atoms with Crippen LogP contribution in [0.15, 0.2) is 30.3 Å². The van der Waals surface area contributed by atoms with Gasteiger partial charge in [-0.1, -0.05) is 36.8 Å². The number of carbonyl (C=O) groups is 1. The number of benzene rings is 1. The van der Waals surface area contributed by atoms with Gasteiger partial charge in [0.15, 0.2) is 0 Å². The van der Waals surface area contributed by atoms with E-state index in [9.17, 15) is 4.79 Å². The molecule has 1 unspecified atom stereocenters. The van der Waals surface area contributed by atoms with E-state index < -0.39 is 22.4 Å². The van der Waals surface area contributed by atoms with Crippen LogP contribution in [0.2, 0.25) is 0 Å². The molecule has 0 bridgehead atoms. The summed E-state index contributed by atoms with van der Waals surface area (Å²) in [6, 6.07) is 9.90. The molecule has 0 amide bonds. The van der Waals surface area contributed by atoms with Crippen LogP contribution in [-0.2, 0) is 21.6 Å². The lowest BCUT2D eigenvalue weighted by Crippen LogP contribution is -2.29. The number of carboxylic acids is 1. The summed E-state index contributed by atoms with van der Waals surface area (Å²) < 4.78 is 37.8. The molecule has 10 heteroatoms. The molecule has 25 heavy (non-hydrogen) atoms. The van der Waals surface area contributed by atoms with E-state index in [0.29, 0.717) is 13.0 Å². The van der Waals surface area contributed by atoms with Crippen molar-refractivity contribution < 1.29 is 27.4 Å². The fourth-order valence-corrected chi connectivity index (χ4v) is 1.61. The zero-order chi connectivity index (χ0) is 20.6. The van der Waals surface area contributed by atoms with Gasteiger partial charge >= 0.3 is 16.4 Å². The third-order valence-corrected chi connectivity index (χ3v) is 2.67. The summed E-state index contributed by atoms with van der Waals surface area (Å²) in [7, 11) is -4.67. The number of rotatable bonds is 7. The quantitative estimate of drug-likeness (QED) is 0.288. The van der Waals surface area contributed by atoms with Crippen molar-refractivity contribution in [3.8, 4) is 0 Å². The maximum absolute atomic E-state index is 10.5. The number of hydrogen-bond acceptors (Lipinski definition) is 7. The maximum Gasteiger partial charge on any atom is 0.394 e. The third-order valence-electron chi connectivity index (χ3n) is 2.67. The molecule has 2 atom stereocenters. The second-order valence-corrected chi connectivity index (χ2v) is 6.22. The zero-order valence-corrected chi connectivity index (χ0v) is 15.1. The lowest BCUT2D eigenvalue weighted by atomic mass is 10.1. The molecule has 0 saturated carbocycles. The van der Waals surface area contributed by atoms with Gasteiger partial charge in [0.25, 0.3) is 1.43 Å². The van der Waals surface area contributed by atoms with Crippen LogP contribution in [-0.4, -0.2) is 47.2 Å². The Labute approximate surface area is 150 Å². The zero-order valence-electron chi connectivity index (χ0n) is 15.2. The Morgan fingerprint density at radius 1 is 1.20 bits per heavy atom. The Balaban J connectivity index is 0. The predicted octanol–water partition coefficient (Wildman–Crippen LogP) is 0.451. The molecule has 9 nitrogen and oxygen atoms in total. The van der Waals surface area contributed by atoms with Crippen LogP contribution in [0.1, 0.15) is 31.7 Å². The first-order valence-corrected chi connectivity index (χ1v) is 9.03. The van der Waals surface area contributed by atoms with Crippen LogP contribution >= 0.6 is 0 Å². The van der Waals surface area contributed by atoms with Crippen molar-refractivity contribution in [2.75, 3.05) is 6.54 Å². The minimum atomic E-state index is -4.67. The fraction of sp³-hybridized carbons (Fsp3) is 0.533. The molecule has 1 aromatic carbocycles. The maximum atomic E-state index is 10.5. The molecule has 0 heterocycles. The molecule has 9 N–H and O–H groups in total. The molecule has 146 valence electrons. The number of nitrogens with two attached hydrogens (primary N) is 3. The minimum absolute atomic E-state index is 0.266. The second kappa shape index (κ2) is 14.8. The number of unbranched alkanes of at least 4 members (excludes halogenated alkanes) is 1. The van der Waals surface area contributed by atoms with Crippen molar-refractivity contribution in [3.63, 3.8) is 0 Å². The Morgan fingerprint density at radius 3 is 2.12 bits per heavy atom. The van der Waals surface area contributed by atoms with Crippen molar-refractivity contribution >= 4 is 16.4 Å². The molecule has 1 aromatic rings. The van der Waals surface area contributed by atoms with Gasteiger partial charge in [0.2, 0.25) is 0 Å². The molecule has 0 radical (unpaired) electrons. The van der Waals surface area contributed by atoms with Crippen molar-refractivity contribution in [1.82, 2.24) is 0 Å². The molecule has 0 spiro atoms. The number of carboxylic acid groups (broad SMARTS) is 1. The Kier molecular flexibility index (Phi) is 13.8. The average molecular weight is 380 g/mol. The highest BCUT2D eigenvalue weighted by atomic mass is 32.3. The molecule has 1 rings (SSSR count). The summed E-state index contributed by atoms with van der Waals surface area (Å²) in [4.78, 5) is 10.5. The first kappa shape index (κ1) is 23.4. The molecule has 0 aromatic heterocycles. The molecule has 0 aliphatic rings. The second-order valence-electron chi connectivity index (χ2n) is 5.32. The summed E-state index contributed by atoms with van der Waals surface area (Å²) in [5.74, 6) is -0.679. The highest BCUT2D eigenvalue weighted by Gasteiger charge is 2.09. The largest absolute Gasteiger partial charge is 0.480 e. The summed E-state index contributed by atoms with van der Waals surface area (Å²) in [6.45, 7) is 2.62. The minimum Gasteiger partial charge on any atom is -0.480 e. The summed E-state index contributed by atoms with van der Waals surface area (Å²) in [5.41, 5.74) is 17.5. The van der Waals surface area contributed by atoms with E-state index in [2.05, 4.69) is 17.2 Å². The Bertz CT molecular complexity index is 564. The van der Waals surface area contributed by atoms with Crippen LogP contribution in [0.4, 0.5) is 0 Å². The van der Waals surface area contributed by atoms with Crippen molar-refractivity contribution in [2.45, 2.75) is 44.7 Å². The van der Waals surface area contributed by atoms with Crippen molar-refractivity contribution in [3.05, 3.63) is 35.9 Å². The molecule has 0 aliphatic carbocycles. The molecule has 0 saturated heterocycles. The van der Waals surface area contributed by atoms with Gasteiger partial charge in [0, 0.05) is 6.04 Å². The van der Waals surface area contributed by atoms with Gasteiger partial charge < -0.3 is 22.3 Å². The van der Waals surface area contributed by atoms with E-state index >= 15 is 0 Å². The third kappa shape index (κ3) is 24.8. The summed E-state index contributed by atoms with van der Waals surface area (Å²) in [5, 5.41) is 3.70. The molecule has 0 fully saturated rings. The Hall–Kier alpha value is -1.56. The van der Waals surface area contributed by atoms with E-state index in [1.807, 2.05) is 25.1 Å². The van der Waals surface area contributed by atoms with Crippen LogP contribution in [0.5, 0.6) is 0 Å². The lowest BCUT2D eigenvalue weighted by molar-refractivity contribution is -0.138. The molecule has 0 aliphatic heterocycles. The molecular formula is C15H29N3O6S. The number of hydrogen-bond donors (Lipinski definition) is 6. The summed E-state index contributed by atoms with van der Waals surface area (Å²) in [6.07, 6.45) is 3.15. The van der Waals surface area contributed by atoms with Crippen LogP contribution in [0, 0.1) is 0 Å². The summed E-state index contributed by atoms with van der Waals surface area (Å²) >= 11 is 0. The highest BCUT2D eigenvalue weighted by molar-refractivity contribution is 7.79. The first-order valence-electron chi connectivity index (χ1n) is 8.04. The van der Waals surface area contributed by atoms with Crippen LogP contribution in [0.25, 0.3) is 1.43 Å². The van der Waals surface area contributed by atoms with Crippen molar-refractivity contribution in [2.24, 2.45) is 17.2 Å². The van der Waals surface area contributed by atoms with E-state index in [1.165, 1.54) is 5.56 Å². The average Bonchev–Trinajstić information content (AvgIpc) is 2.53. The lowest BCUT2D eigenvalue weighted by Gasteiger charge is -2.03. The predicted molar refractivity (Wildman–Crippen MR) is 96.5 cm³/mol. The van der Waals surface area contributed by atoms with Gasteiger partial charge in [-0.2, -0.15) is 8.42 Å². The van der Waals surface area contributed by atoms with Crippen molar-refractivity contribution in [1.29, 1.82) is 1.43 Å². The van der Waals surface area contributed by atoms with Gasteiger partial charge in [0.05, 0.1) is 0 Å². The van der Waals surface area contributed by atoms with E-state index in [4.69, 9.17) is 36.2 Å². The first-order chi connectivity index (χ1) is 12.0. The molecular weight excluding hydrogens is 350 g/mol. The standard InChI is InChI=1S/C9H13N.C6H14N2O2.H2O4S/c1-8(10)7-9-5-3-2-4-6-9;7-4-2-1-3-5(8)6(9)10;1-5(2,3)4/h2-6,8H,7,10H2,1H3;5H,1-4,7-8H2,(H,9,10);(H2,1,2,3,4)/t;5-;/m.0./s1/i/hD. The smallest absolute Gasteiger partial charge is 0.394 e. The van der Waals surface area contributed by atoms with E-state index in [0.717, 1.165) is 19.3 Å². The van der Waals surface area contributed by atoms with E-state index in [1.54, 1.807) is 0 Å².